The Hall–Kier alpha value is -3.15. The predicted octanol–water partition coefficient (Wildman–Crippen LogP) is 3.85. The number of rotatable bonds is 8. The second-order valence-corrected chi connectivity index (χ2v) is 7.61. The number of carboxylic acid groups (broad SMARTS) is 1. The zero-order valence-corrected chi connectivity index (χ0v) is 17.3. The molecule has 2 amide bonds. The van der Waals surface area contributed by atoms with E-state index in [9.17, 15) is 19.5 Å². The number of likely N-dealkylation sites (tertiary alicyclic amines) is 1. The number of carbonyl (C=O) groups excluding carboxylic acids is 2. The van der Waals surface area contributed by atoms with E-state index in [-0.39, 0.29) is 23.4 Å². The van der Waals surface area contributed by atoms with Crippen LogP contribution in [0.1, 0.15) is 54.9 Å². The van der Waals surface area contributed by atoms with Gasteiger partial charge >= 0.3 is 5.97 Å². The first-order valence-electron chi connectivity index (χ1n) is 10.5. The molecule has 158 valence electrons. The van der Waals surface area contributed by atoms with Crippen LogP contribution in [0.4, 0.5) is 0 Å². The van der Waals surface area contributed by atoms with Crippen molar-refractivity contribution in [3.8, 4) is 11.1 Å². The number of nitrogens with one attached hydrogen (secondary N) is 1. The fraction of sp³-hybridized carbons (Fsp3) is 0.375. The average molecular weight is 408 g/mol. The molecule has 1 aliphatic heterocycles. The lowest BCUT2D eigenvalue weighted by molar-refractivity contribution is -0.138. The third kappa shape index (κ3) is 5.06. The van der Waals surface area contributed by atoms with Crippen molar-refractivity contribution in [2.45, 2.75) is 51.6 Å². The summed E-state index contributed by atoms with van der Waals surface area (Å²) in [5.41, 5.74) is 2.65. The molecule has 0 saturated carbocycles. The van der Waals surface area contributed by atoms with Crippen LogP contribution in [0.15, 0.2) is 48.5 Å². The quantitative estimate of drug-likeness (QED) is 0.695. The Morgan fingerprint density at radius 2 is 1.83 bits per heavy atom. The second-order valence-electron chi connectivity index (χ2n) is 7.61. The summed E-state index contributed by atoms with van der Waals surface area (Å²) in [6.45, 7) is 3.07. The molecular formula is C24H28N2O4. The van der Waals surface area contributed by atoms with Crippen LogP contribution in [0, 0.1) is 0 Å². The molecule has 0 aromatic heterocycles. The first kappa shape index (κ1) is 21.6. The number of nitrogens with zero attached hydrogens (tertiary/aromatic N) is 1. The molecule has 1 aliphatic rings. The van der Waals surface area contributed by atoms with Crippen molar-refractivity contribution in [2.75, 3.05) is 6.54 Å². The first-order chi connectivity index (χ1) is 14.5. The SMILES string of the molecule is CCCCC(=O)N1CCCC1C(=O)NCc1ccc(-c2ccccc2C(=O)O)cc1. The van der Waals surface area contributed by atoms with Crippen LogP contribution in [0.5, 0.6) is 0 Å². The number of benzene rings is 2. The van der Waals surface area contributed by atoms with Gasteiger partial charge in [0.2, 0.25) is 11.8 Å². The van der Waals surface area contributed by atoms with E-state index in [1.807, 2.05) is 37.3 Å². The number of unbranched alkanes of at least 4 members (excludes halogenated alkanes) is 1. The van der Waals surface area contributed by atoms with E-state index < -0.39 is 5.97 Å². The van der Waals surface area contributed by atoms with E-state index in [0.717, 1.165) is 30.4 Å². The van der Waals surface area contributed by atoms with Crippen LogP contribution in [-0.2, 0) is 16.1 Å². The fourth-order valence-electron chi connectivity index (χ4n) is 3.84. The largest absolute Gasteiger partial charge is 0.478 e. The van der Waals surface area contributed by atoms with Crippen molar-refractivity contribution in [1.29, 1.82) is 0 Å². The Morgan fingerprint density at radius 1 is 1.10 bits per heavy atom. The first-order valence-corrected chi connectivity index (χ1v) is 10.5. The molecule has 1 fully saturated rings. The summed E-state index contributed by atoms with van der Waals surface area (Å²) in [7, 11) is 0. The molecule has 0 bridgehead atoms. The average Bonchev–Trinajstić information content (AvgIpc) is 3.26. The van der Waals surface area contributed by atoms with Crippen LogP contribution in [0.25, 0.3) is 11.1 Å². The Labute approximate surface area is 176 Å². The Bertz CT molecular complexity index is 908. The maximum absolute atomic E-state index is 12.6. The fourth-order valence-corrected chi connectivity index (χ4v) is 3.84. The maximum atomic E-state index is 12.6. The van der Waals surface area contributed by atoms with Crippen molar-refractivity contribution in [3.63, 3.8) is 0 Å². The van der Waals surface area contributed by atoms with Gasteiger partial charge in [0.25, 0.3) is 0 Å². The molecule has 3 rings (SSSR count). The highest BCUT2D eigenvalue weighted by molar-refractivity contribution is 5.96. The summed E-state index contributed by atoms with van der Waals surface area (Å²) in [5, 5.41) is 12.3. The van der Waals surface area contributed by atoms with Gasteiger partial charge in [0.05, 0.1) is 5.56 Å². The molecule has 1 heterocycles. The number of hydrogen-bond acceptors (Lipinski definition) is 3. The minimum atomic E-state index is -0.962. The smallest absolute Gasteiger partial charge is 0.336 e. The zero-order valence-electron chi connectivity index (χ0n) is 17.3. The highest BCUT2D eigenvalue weighted by atomic mass is 16.4. The van der Waals surface area contributed by atoms with Crippen LogP contribution in [0.2, 0.25) is 0 Å². The Kier molecular flexibility index (Phi) is 7.22. The van der Waals surface area contributed by atoms with Crippen molar-refractivity contribution < 1.29 is 19.5 Å². The van der Waals surface area contributed by atoms with Gasteiger partial charge in [-0.1, -0.05) is 55.8 Å². The number of aromatic carboxylic acids is 1. The molecule has 0 aliphatic carbocycles. The van der Waals surface area contributed by atoms with E-state index in [1.165, 1.54) is 0 Å². The molecule has 2 aromatic rings. The normalized spacial score (nSPS) is 15.8. The minimum absolute atomic E-state index is 0.0657. The predicted molar refractivity (Wildman–Crippen MR) is 115 cm³/mol. The van der Waals surface area contributed by atoms with Gasteiger partial charge in [0, 0.05) is 19.5 Å². The van der Waals surface area contributed by atoms with Crippen molar-refractivity contribution in [1.82, 2.24) is 10.2 Å². The lowest BCUT2D eigenvalue weighted by Gasteiger charge is -2.24. The van der Waals surface area contributed by atoms with Crippen molar-refractivity contribution in [3.05, 3.63) is 59.7 Å². The van der Waals surface area contributed by atoms with Gasteiger partial charge in [0.1, 0.15) is 6.04 Å². The number of hydrogen-bond donors (Lipinski definition) is 2. The summed E-state index contributed by atoms with van der Waals surface area (Å²) in [6, 6.07) is 14.0. The molecule has 1 unspecified atom stereocenters. The third-order valence-corrected chi connectivity index (χ3v) is 5.51. The van der Waals surface area contributed by atoms with Crippen molar-refractivity contribution in [2.24, 2.45) is 0 Å². The van der Waals surface area contributed by atoms with E-state index in [1.54, 1.807) is 23.1 Å². The van der Waals surface area contributed by atoms with Crippen LogP contribution < -0.4 is 5.32 Å². The van der Waals surface area contributed by atoms with Gasteiger partial charge in [-0.25, -0.2) is 4.79 Å². The molecule has 0 spiro atoms. The molecule has 6 heteroatoms. The minimum Gasteiger partial charge on any atom is -0.478 e. The van der Waals surface area contributed by atoms with Crippen LogP contribution in [0.3, 0.4) is 0 Å². The van der Waals surface area contributed by atoms with Gasteiger partial charge in [-0.2, -0.15) is 0 Å². The lowest BCUT2D eigenvalue weighted by Crippen LogP contribution is -2.45. The van der Waals surface area contributed by atoms with Crippen LogP contribution >= 0.6 is 0 Å². The summed E-state index contributed by atoms with van der Waals surface area (Å²) in [6.07, 6.45) is 3.87. The van der Waals surface area contributed by atoms with Gasteiger partial charge in [-0.15, -0.1) is 0 Å². The third-order valence-electron chi connectivity index (χ3n) is 5.51. The second kappa shape index (κ2) is 10.1. The van der Waals surface area contributed by atoms with Gasteiger partial charge in [0.15, 0.2) is 0 Å². The summed E-state index contributed by atoms with van der Waals surface area (Å²) >= 11 is 0. The molecule has 1 saturated heterocycles. The zero-order chi connectivity index (χ0) is 21.5. The van der Waals surface area contributed by atoms with E-state index >= 15 is 0 Å². The number of amides is 2. The monoisotopic (exact) mass is 408 g/mol. The van der Waals surface area contributed by atoms with Gasteiger partial charge in [-0.05, 0) is 42.0 Å². The molecule has 2 aromatic carbocycles. The van der Waals surface area contributed by atoms with Gasteiger partial charge < -0.3 is 15.3 Å². The number of carbonyl (C=O) groups is 3. The van der Waals surface area contributed by atoms with Crippen molar-refractivity contribution >= 4 is 17.8 Å². The summed E-state index contributed by atoms with van der Waals surface area (Å²) < 4.78 is 0. The summed E-state index contributed by atoms with van der Waals surface area (Å²) in [4.78, 5) is 38.1. The summed E-state index contributed by atoms with van der Waals surface area (Å²) in [5.74, 6) is -1.01. The highest BCUT2D eigenvalue weighted by Crippen LogP contribution is 2.24. The maximum Gasteiger partial charge on any atom is 0.336 e. The van der Waals surface area contributed by atoms with E-state index in [2.05, 4.69) is 5.32 Å². The molecular weight excluding hydrogens is 380 g/mol. The molecule has 30 heavy (non-hydrogen) atoms. The van der Waals surface area contributed by atoms with E-state index in [0.29, 0.717) is 31.5 Å². The molecule has 2 N–H and O–H groups in total. The molecule has 1 atom stereocenters. The topological polar surface area (TPSA) is 86.7 Å². The van der Waals surface area contributed by atoms with Crippen LogP contribution in [-0.4, -0.2) is 40.4 Å². The molecule has 6 nitrogen and oxygen atoms in total. The molecule has 0 radical (unpaired) electrons. The highest BCUT2D eigenvalue weighted by Gasteiger charge is 2.33. The number of carboxylic acids is 1. The Balaban J connectivity index is 1.61. The lowest BCUT2D eigenvalue weighted by atomic mass is 9.99. The standard InChI is InChI=1S/C24H28N2O4/c1-2-3-10-22(27)26-15-6-9-21(26)23(28)25-16-17-11-13-18(14-12-17)19-7-4-5-8-20(19)24(29)30/h4-5,7-8,11-14,21H,2-3,6,9-10,15-16H2,1H3,(H,25,28)(H,29,30). The van der Waals surface area contributed by atoms with E-state index in [4.69, 9.17) is 0 Å². The Morgan fingerprint density at radius 3 is 2.53 bits per heavy atom. The van der Waals surface area contributed by atoms with Gasteiger partial charge in [-0.3, -0.25) is 9.59 Å².